The van der Waals surface area contributed by atoms with Crippen molar-refractivity contribution in [3.05, 3.63) is 35.4 Å². The van der Waals surface area contributed by atoms with E-state index in [9.17, 15) is 9.59 Å². The Morgan fingerprint density at radius 3 is 2.35 bits per heavy atom. The zero-order chi connectivity index (χ0) is 19.7. The first kappa shape index (κ1) is 22.2. The summed E-state index contributed by atoms with van der Waals surface area (Å²) in [4.78, 5) is 22.6. The monoisotopic (exact) mass is 364 g/mol. The molecule has 1 aromatic carbocycles. The molecule has 0 aliphatic carbocycles. The average molecular weight is 364 g/mol. The quantitative estimate of drug-likeness (QED) is 0.773. The number of aliphatic hydroxyl groups excluding tert-OH is 1. The molecule has 146 valence electrons. The Balaban J connectivity index is 0.000000263. The lowest BCUT2D eigenvalue weighted by Gasteiger charge is -2.21. The molecule has 5 nitrogen and oxygen atoms in total. The summed E-state index contributed by atoms with van der Waals surface area (Å²) in [5.41, 5.74) is 1.82. The molecule has 2 unspecified atom stereocenters. The SMILES string of the molecule is CCC(C)(C)C(=O)OC1CCOC1=O.CCC(C)c1ccc(CO)cc1. The van der Waals surface area contributed by atoms with Crippen molar-refractivity contribution in [2.45, 2.75) is 72.5 Å². The Hall–Kier alpha value is -1.88. The number of hydrogen-bond donors (Lipinski definition) is 1. The molecule has 0 saturated carbocycles. The number of hydrogen-bond acceptors (Lipinski definition) is 5. The van der Waals surface area contributed by atoms with Gasteiger partial charge in [0.05, 0.1) is 18.6 Å². The average Bonchev–Trinajstić information content (AvgIpc) is 3.06. The van der Waals surface area contributed by atoms with Gasteiger partial charge in [-0.15, -0.1) is 0 Å². The molecule has 0 spiro atoms. The highest BCUT2D eigenvalue weighted by molar-refractivity contribution is 5.82. The number of ether oxygens (including phenoxy) is 2. The van der Waals surface area contributed by atoms with Crippen molar-refractivity contribution in [3.8, 4) is 0 Å². The minimum Gasteiger partial charge on any atom is -0.463 e. The van der Waals surface area contributed by atoms with E-state index < -0.39 is 17.5 Å². The molecule has 26 heavy (non-hydrogen) atoms. The molecule has 1 fully saturated rings. The topological polar surface area (TPSA) is 72.8 Å². The maximum absolute atomic E-state index is 11.6. The molecule has 1 aromatic rings. The third kappa shape index (κ3) is 6.45. The first-order chi connectivity index (χ1) is 12.2. The van der Waals surface area contributed by atoms with Gasteiger partial charge in [-0.25, -0.2) is 4.79 Å². The van der Waals surface area contributed by atoms with Crippen LogP contribution in [0, 0.1) is 5.41 Å². The second-order valence-electron chi connectivity index (χ2n) is 7.30. The summed E-state index contributed by atoms with van der Waals surface area (Å²) in [6.07, 6.45) is 1.64. The zero-order valence-corrected chi connectivity index (χ0v) is 16.6. The van der Waals surface area contributed by atoms with Crippen LogP contribution in [-0.2, 0) is 25.7 Å². The van der Waals surface area contributed by atoms with E-state index in [1.807, 2.05) is 19.1 Å². The van der Waals surface area contributed by atoms with Crippen LogP contribution < -0.4 is 0 Å². The van der Waals surface area contributed by atoms with Gasteiger partial charge in [0.25, 0.3) is 0 Å². The van der Waals surface area contributed by atoms with E-state index in [0.717, 1.165) is 5.56 Å². The van der Waals surface area contributed by atoms with Crippen LogP contribution >= 0.6 is 0 Å². The van der Waals surface area contributed by atoms with E-state index in [1.54, 1.807) is 13.8 Å². The molecule has 0 aromatic heterocycles. The fraction of sp³-hybridized carbons (Fsp3) is 0.619. The Morgan fingerprint density at radius 2 is 1.92 bits per heavy atom. The van der Waals surface area contributed by atoms with Crippen LogP contribution in [0.25, 0.3) is 0 Å². The number of esters is 2. The van der Waals surface area contributed by atoms with Gasteiger partial charge in [-0.05, 0) is 43.7 Å². The third-order valence-electron chi connectivity index (χ3n) is 4.92. The summed E-state index contributed by atoms with van der Waals surface area (Å²) in [5, 5.41) is 8.82. The lowest BCUT2D eigenvalue weighted by molar-refractivity contribution is -0.167. The fourth-order valence-corrected chi connectivity index (χ4v) is 2.20. The van der Waals surface area contributed by atoms with E-state index in [0.29, 0.717) is 25.4 Å². The maximum atomic E-state index is 11.6. The van der Waals surface area contributed by atoms with Crippen molar-refractivity contribution in [2.24, 2.45) is 5.41 Å². The highest BCUT2D eigenvalue weighted by Crippen LogP contribution is 2.24. The molecule has 5 heteroatoms. The van der Waals surface area contributed by atoms with Crippen LogP contribution in [0.2, 0.25) is 0 Å². The van der Waals surface area contributed by atoms with Crippen LogP contribution in [0.1, 0.15) is 70.9 Å². The van der Waals surface area contributed by atoms with Gasteiger partial charge in [-0.3, -0.25) is 4.79 Å². The second-order valence-corrected chi connectivity index (χ2v) is 7.30. The first-order valence-corrected chi connectivity index (χ1v) is 9.32. The zero-order valence-electron chi connectivity index (χ0n) is 16.6. The van der Waals surface area contributed by atoms with Crippen molar-refractivity contribution >= 4 is 11.9 Å². The summed E-state index contributed by atoms with van der Waals surface area (Å²) in [5.74, 6) is -0.133. The third-order valence-corrected chi connectivity index (χ3v) is 4.92. The Morgan fingerprint density at radius 1 is 1.31 bits per heavy atom. The van der Waals surface area contributed by atoms with Gasteiger partial charge in [-0.1, -0.05) is 45.0 Å². The molecule has 1 saturated heterocycles. The summed E-state index contributed by atoms with van der Waals surface area (Å²) in [6, 6.07) is 8.17. The van der Waals surface area contributed by atoms with Crippen LogP contribution in [-0.4, -0.2) is 29.8 Å². The van der Waals surface area contributed by atoms with Crippen molar-refractivity contribution < 1.29 is 24.2 Å². The Bertz CT molecular complexity index is 577. The lowest BCUT2D eigenvalue weighted by atomic mass is 9.90. The molecule has 0 bridgehead atoms. The minimum absolute atomic E-state index is 0.140. The summed E-state index contributed by atoms with van der Waals surface area (Å²) in [6.45, 7) is 10.4. The summed E-state index contributed by atoms with van der Waals surface area (Å²) < 4.78 is 9.76. The van der Waals surface area contributed by atoms with Gasteiger partial charge in [0.1, 0.15) is 0 Å². The van der Waals surface area contributed by atoms with E-state index >= 15 is 0 Å². The highest BCUT2D eigenvalue weighted by atomic mass is 16.6. The van der Waals surface area contributed by atoms with Gasteiger partial charge >= 0.3 is 11.9 Å². The van der Waals surface area contributed by atoms with Crippen molar-refractivity contribution in [3.63, 3.8) is 0 Å². The first-order valence-electron chi connectivity index (χ1n) is 9.32. The van der Waals surface area contributed by atoms with Gasteiger partial charge in [-0.2, -0.15) is 0 Å². The van der Waals surface area contributed by atoms with Crippen molar-refractivity contribution in [2.75, 3.05) is 6.61 Å². The van der Waals surface area contributed by atoms with Crippen LogP contribution in [0.15, 0.2) is 24.3 Å². The van der Waals surface area contributed by atoms with E-state index in [1.165, 1.54) is 12.0 Å². The maximum Gasteiger partial charge on any atom is 0.347 e. The predicted octanol–water partition coefficient (Wildman–Crippen LogP) is 3.97. The Kier molecular flexibility index (Phi) is 8.79. The van der Waals surface area contributed by atoms with Gasteiger partial charge in [0, 0.05) is 6.42 Å². The molecule has 1 aliphatic heterocycles. The molecule has 0 amide bonds. The minimum atomic E-state index is -0.687. The molecule has 1 aliphatic rings. The normalized spacial score (nSPS) is 17.8. The number of aliphatic hydroxyl groups is 1. The molecule has 2 atom stereocenters. The molecular weight excluding hydrogens is 332 g/mol. The van der Waals surface area contributed by atoms with Crippen LogP contribution in [0.5, 0.6) is 0 Å². The number of carbonyl (C=O) groups is 2. The largest absolute Gasteiger partial charge is 0.463 e. The van der Waals surface area contributed by atoms with Gasteiger partial charge in [0.2, 0.25) is 6.10 Å². The van der Waals surface area contributed by atoms with Crippen LogP contribution in [0.3, 0.4) is 0 Å². The molecule has 1 N–H and O–H groups in total. The van der Waals surface area contributed by atoms with Gasteiger partial charge < -0.3 is 14.6 Å². The fourth-order valence-electron chi connectivity index (χ4n) is 2.20. The van der Waals surface area contributed by atoms with E-state index in [-0.39, 0.29) is 12.6 Å². The number of benzene rings is 1. The van der Waals surface area contributed by atoms with E-state index in [2.05, 4.69) is 26.0 Å². The van der Waals surface area contributed by atoms with Crippen molar-refractivity contribution in [1.29, 1.82) is 0 Å². The van der Waals surface area contributed by atoms with Gasteiger partial charge in [0.15, 0.2) is 0 Å². The molecule has 0 radical (unpaired) electrons. The number of rotatable bonds is 6. The molecule has 2 rings (SSSR count). The smallest absolute Gasteiger partial charge is 0.347 e. The van der Waals surface area contributed by atoms with Crippen molar-refractivity contribution in [1.82, 2.24) is 0 Å². The standard InChI is InChI=1S/C11H16O.C10H16O4/c1-3-9(2)11-6-4-10(8-12)5-7-11;1-4-10(2,3)9(12)14-7-5-6-13-8(7)11/h4-7,9,12H,3,8H2,1-2H3;7H,4-6H2,1-3H3. The second kappa shape index (κ2) is 10.3. The van der Waals surface area contributed by atoms with Crippen LogP contribution in [0.4, 0.5) is 0 Å². The predicted molar refractivity (Wildman–Crippen MR) is 101 cm³/mol. The van der Waals surface area contributed by atoms with E-state index in [4.69, 9.17) is 14.6 Å². The lowest BCUT2D eigenvalue weighted by Crippen LogP contribution is -2.32. The molecule has 1 heterocycles. The summed E-state index contributed by atoms with van der Waals surface area (Å²) in [7, 11) is 0. The number of carbonyl (C=O) groups excluding carboxylic acids is 2. The highest BCUT2D eigenvalue weighted by Gasteiger charge is 2.35. The molecular formula is C21H32O5. The summed E-state index contributed by atoms with van der Waals surface area (Å²) >= 11 is 0. The Labute approximate surface area is 156 Å². The number of cyclic esters (lactones) is 1.